The minimum atomic E-state index is -0.215. The molecule has 0 N–H and O–H groups in total. The first kappa shape index (κ1) is 23.8. The highest BCUT2D eigenvalue weighted by molar-refractivity contribution is 6.22. The van der Waals surface area contributed by atoms with Crippen molar-refractivity contribution >= 4 is 54.3 Å². The first-order valence-electron chi connectivity index (χ1n) is 18.5. The molecule has 0 amide bonds. The van der Waals surface area contributed by atoms with E-state index < -0.39 is 0 Å². The summed E-state index contributed by atoms with van der Waals surface area (Å²) in [5, 5.41) is 7.73. The quantitative estimate of drug-likeness (QED) is 0.177. The highest BCUT2D eigenvalue weighted by Crippen LogP contribution is 2.45. The number of fused-ring (bicyclic) bond motifs is 6. The number of furan rings is 1. The third-order valence-corrected chi connectivity index (χ3v) is 9.72. The van der Waals surface area contributed by atoms with E-state index in [1.54, 1.807) is 0 Å². The molecule has 0 bridgehead atoms. The molecule has 1 heterocycles. The second kappa shape index (κ2) is 11.1. The molecule has 1 nitrogen and oxygen atoms in total. The van der Waals surface area contributed by atoms with E-state index in [1.165, 1.54) is 0 Å². The van der Waals surface area contributed by atoms with E-state index in [0.29, 0.717) is 22.3 Å². The summed E-state index contributed by atoms with van der Waals surface area (Å²) < 4.78 is 44.3. The summed E-state index contributed by atoms with van der Waals surface area (Å²) in [5.74, 6) is 0. The van der Waals surface area contributed by atoms with Gasteiger partial charge in [0.1, 0.15) is 11.2 Å². The Bertz CT molecular complexity index is 3050. The average molecular weight is 627 g/mol. The van der Waals surface area contributed by atoms with Gasteiger partial charge in [0.25, 0.3) is 0 Å². The Morgan fingerprint density at radius 3 is 1.76 bits per heavy atom. The Labute approximate surface area is 289 Å². The van der Waals surface area contributed by atoms with E-state index in [4.69, 9.17) is 4.42 Å². The Morgan fingerprint density at radius 2 is 1.00 bits per heavy atom. The summed E-state index contributed by atoms with van der Waals surface area (Å²) in [4.78, 5) is 0. The number of hydrogen-bond donors (Lipinski definition) is 0. The Balaban J connectivity index is 1.27. The van der Waals surface area contributed by atoms with Crippen LogP contribution < -0.4 is 0 Å². The zero-order chi connectivity index (χ0) is 35.8. The fraction of sp³-hybridized carbons (Fsp3) is 0. The van der Waals surface area contributed by atoms with Crippen molar-refractivity contribution in [3.63, 3.8) is 0 Å². The van der Waals surface area contributed by atoms with Crippen LogP contribution in [0.2, 0.25) is 0 Å². The van der Waals surface area contributed by atoms with Crippen molar-refractivity contribution in [1.29, 1.82) is 0 Å². The summed E-state index contributed by atoms with van der Waals surface area (Å²) >= 11 is 0. The maximum absolute atomic E-state index is 9.90. The first-order valence-corrected chi connectivity index (χ1v) is 16.5. The van der Waals surface area contributed by atoms with Gasteiger partial charge < -0.3 is 4.42 Å². The van der Waals surface area contributed by atoms with E-state index >= 15 is 0 Å². The smallest absolute Gasteiger partial charge is 0.143 e. The predicted octanol–water partition coefficient (Wildman–Crippen LogP) is 13.7. The van der Waals surface area contributed by atoms with Gasteiger partial charge in [-0.25, -0.2) is 0 Å². The second-order valence-electron chi connectivity index (χ2n) is 12.5. The molecule has 0 radical (unpaired) electrons. The molecule has 1 heteroatoms. The lowest BCUT2D eigenvalue weighted by Crippen LogP contribution is -1.91. The molecular weight excluding hydrogens is 593 g/mol. The third-order valence-electron chi connectivity index (χ3n) is 9.72. The van der Waals surface area contributed by atoms with Crippen LogP contribution in [0.1, 0.15) is 5.48 Å². The monoisotopic (exact) mass is 626 g/mol. The number of hydrogen-bond acceptors (Lipinski definition) is 1. The number of para-hydroxylation sites is 1. The Kier molecular flexibility index (Phi) is 5.38. The zero-order valence-corrected chi connectivity index (χ0v) is 26.4. The zero-order valence-electron chi connectivity index (χ0n) is 30.4. The first-order chi connectivity index (χ1) is 26.0. The molecule has 0 aliphatic carbocycles. The Hall–Kier alpha value is -6.44. The van der Waals surface area contributed by atoms with E-state index in [1.807, 2.05) is 97.1 Å². The third kappa shape index (κ3) is 4.40. The minimum absolute atomic E-state index is 0.0475. The molecule has 0 saturated heterocycles. The maximum atomic E-state index is 9.90. The van der Waals surface area contributed by atoms with Crippen molar-refractivity contribution in [2.45, 2.75) is 0 Å². The summed E-state index contributed by atoms with van der Waals surface area (Å²) in [7, 11) is 0. The van der Waals surface area contributed by atoms with Crippen LogP contribution in [0.5, 0.6) is 0 Å². The average Bonchev–Trinajstić information content (AvgIpc) is 3.60. The summed E-state index contributed by atoms with van der Waals surface area (Å²) in [6.45, 7) is 0. The molecule has 0 saturated carbocycles. The molecule has 0 aliphatic heterocycles. The van der Waals surface area contributed by atoms with Crippen LogP contribution in [0, 0.1) is 0 Å². The molecule has 1 aromatic heterocycles. The van der Waals surface area contributed by atoms with E-state index in [-0.39, 0.29) is 24.2 Å². The highest BCUT2D eigenvalue weighted by Gasteiger charge is 2.19. The maximum Gasteiger partial charge on any atom is 0.143 e. The van der Waals surface area contributed by atoms with Crippen LogP contribution in [0.4, 0.5) is 0 Å². The molecule has 10 aromatic rings. The van der Waals surface area contributed by atoms with Crippen LogP contribution in [-0.4, -0.2) is 0 Å². The van der Waals surface area contributed by atoms with Gasteiger partial charge in [0, 0.05) is 16.3 Å². The van der Waals surface area contributed by atoms with Gasteiger partial charge in [-0.1, -0.05) is 164 Å². The van der Waals surface area contributed by atoms with E-state index in [9.17, 15) is 5.48 Å². The lowest BCUT2D eigenvalue weighted by Gasteiger charge is -2.18. The second-order valence-corrected chi connectivity index (χ2v) is 12.5. The van der Waals surface area contributed by atoms with Crippen LogP contribution in [-0.2, 0) is 0 Å². The largest absolute Gasteiger partial charge is 0.455 e. The van der Waals surface area contributed by atoms with E-state index in [0.717, 1.165) is 76.5 Å². The molecule has 0 unspecified atom stereocenters. The van der Waals surface area contributed by atoms with Crippen molar-refractivity contribution in [2.24, 2.45) is 0 Å². The van der Waals surface area contributed by atoms with Gasteiger partial charge in [0.15, 0.2) is 0 Å². The summed E-state index contributed by atoms with van der Waals surface area (Å²) in [5.41, 5.74) is 7.51. The number of rotatable bonds is 4. The molecule has 0 fully saturated rings. The van der Waals surface area contributed by atoms with Gasteiger partial charge >= 0.3 is 0 Å². The summed E-state index contributed by atoms with van der Waals surface area (Å²) in [6.07, 6.45) is 0. The Morgan fingerprint density at radius 1 is 0.408 bits per heavy atom. The lowest BCUT2D eigenvalue weighted by atomic mass is 9.85. The molecular formula is C48H30O. The van der Waals surface area contributed by atoms with Gasteiger partial charge in [-0.2, -0.15) is 0 Å². The van der Waals surface area contributed by atoms with Gasteiger partial charge in [-0.05, 0) is 89.4 Å². The van der Waals surface area contributed by atoms with Gasteiger partial charge in [-0.3, -0.25) is 0 Å². The molecule has 0 aliphatic rings. The van der Waals surface area contributed by atoms with Crippen LogP contribution in [0.3, 0.4) is 0 Å². The van der Waals surface area contributed by atoms with E-state index in [2.05, 4.69) is 60.7 Å². The van der Waals surface area contributed by atoms with Gasteiger partial charge in [0.05, 0.1) is 5.48 Å². The lowest BCUT2D eigenvalue weighted by molar-refractivity contribution is 0.670. The fourth-order valence-corrected chi connectivity index (χ4v) is 7.56. The topological polar surface area (TPSA) is 13.1 Å². The summed E-state index contributed by atoms with van der Waals surface area (Å²) in [6, 6.07) is 52.6. The molecule has 0 atom stereocenters. The van der Waals surface area contributed by atoms with Gasteiger partial charge in [-0.15, -0.1) is 0 Å². The standard InChI is InChI=1S/C48H30O/c1-2-14-32(15-3-1)45-39-19-6-8-21-41(39)46(42-22-9-7-20-40(42)45)36-18-10-17-34(30-36)37-23-12-26-44-47(37)43-25-11-24-38(48(43)49-44)35-28-27-31-13-4-5-16-33(31)29-35/h1-30H/i10D,17D,18D,30D. The SMILES string of the molecule is [2H]c1c([2H])c(-c2c3ccccc3c(-c3ccccc3)c3ccccc23)c([2H])c(-c2cccc3oc4c(-c5ccc6ccccc6c5)cccc4c23)c1[2H]. The van der Waals surface area contributed by atoms with Crippen molar-refractivity contribution in [3.8, 4) is 44.5 Å². The molecule has 228 valence electrons. The van der Waals surface area contributed by atoms with Crippen molar-refractivity contribution in [2.75, 3.05) is 0 Å². The van der Waals surface area contributed by atoms with Crippen molar-refractivity contribution in [1.82, 2.24) is 0 Å². The predicted molar refractivity (Wildman–Crippen MR) is 208 cm³/mol. The molecule has 10 rings (SSSR count). The van der Waals surface area contributed by atoms with Crippen molar-refractivity contribution in [3.05, 3.63) is 182 Å². The highest BCUT2D eigenvalue weighted by atomic mass is 16.3. The van der Waals surface area contributed by atoms with Crippen LogP contribution in [0.25, 0.3) is 98.8 Å². The molecule has 9 aromatic carbocycles. The van der Waals surface area contributed by atoms with Crippen molar-refractivity contribution < 1.29 is 9.90 Å². The fourth-order valence-electron chi connectivity index (χ4n) is 7.56. The van der Waals surface area contributed by atoms with Crippen LogP contribution >= 0.6 is 0 Å². The van der Waals surface area contributed by atoms with Gasteiger partial charge in [0.2, 0.25) is 0 Å². The molecule has 49 heavy (non-hydrogen) atoms. The normalized spacial score (nSPS) is 12.8. The number of benzene rings is 9. The molecule has 0 spiro atoms. The minimum Gasteiger partial charge on any atom is -0.455 e. The van der Waals surface area contributed by atoms with Crippen LogP contribution in [0.15, 0.2) is 186 Å².